The number of nitrogens with one attached hydrogen (secondary N) is 1. The molecule has 0 saturated heterocycles. The molecule has 4 rings (SSSR count). The van der Waals surface area contributed by atoms with Crippen LogP contribution in [0.15, 0.2) is 60.7 Å². The summed E-state index contributed by atoms with van der Waals surface area (Å²) in [7, 11) is 6.44. The van der Waals surface area contributed by atoms with Crippen molar-refractivity contribution in [1.82, 2.24) is 0 Å². The molecule has 2 nitrogen and oxygen atoms in total. The van der Waals surface area contributed by atoms with Crippen LogP contribution in [0.3, 0.4) is 0 Å². The standard InChI is InChI=1S/C20H20N2.C2H6/c1-21(2)16-12-10-15(11-13-16)20-17-8-4-6-14-7-5-9-18(19(14)17)22(20)3;1-2/h4-13,20H,1-3H3;1-2H3/p+1. The lowest BCUT2D eigenvalue weighted by atomic mass is 9.97. The molecule has 1 heterocycles. The molecule has 1 aliphatic heterocycles. The lowest BCUT2D eigenvalue weighted by molar-refractivity contribution is -0.833. The van der Waals surface area contributed by atoms with E-state index in [9.17, 15) is 0 Å². The Kier molecular flexibility index (Phi) is 4.59. The largest absolute Gasteiger partial charge is 0.378 e. The lowest BCUT2D eigenvalue weighted by Crippen LogP contribution is -3.03. The number of anilines is 1. The molecule has 3 aromatic rings. The maximum Gasteiger partial charge on any atom is 0.144 e. The third kappa shape index (κ3) is 2.57. The predicted molar refractivity (Wildman–Crippen MR) is 104 cm³/mol. The molecule has 0 radical (unpaired) electrons. The SMILES string of the molecule is CC.CN(C)c1ccc(C2c3cccc4cccc(c34)[NH+]2C)cc1. The summed E-state index contributed by atoms with van der Waals surface area (Å²) in [6.45, 7) is 4.00. The summed E-state index contributed by atoms with van der Waals surface area (Å²) in [5.41, 5.74) is 5.49. The van der Waals surface area contributed by atoms with E-state index in [0.29, 0.717) is 6.04 Å². The fourth-order valence-electron chi connectivity index (χ4n) is 3.72. The van der Waals surface area contributed by atoms with Gasteiger partial charge in [-0.3, -0.25) is 4.90 Å². The second-order valence-corrected chi connectivity index (χ2v) is 6.35. The van der Waals surface area contributed by atoms with Gasteiger partial charge in [-0.2, -0.15) is 0 Å². The third-order valence-corrected chi connectivity index (χ3v) is 4.85. The summed E-state index contributed by atoms with van der Waals surface area (Å²) < 4.78 is 0. The fourth-order valence-corrected chi connectivity index (χ4v) is 3.72. The van der Waals surface area contributed by atoms with Gasteiger partial charge in [-0.1, -0.05) is 56.3 Å². The summed E-state index contributed by atoms with van der Waals surface area (Å²) in [5, 5.41) is 2.78. The Hall–Kier alpha value is -2.32. The molecular weight excluding hydrogens is 292 g/mol. The van der Waals surface area contributed by atoms with Crippen molar-refractivity contribution in [2.24, 2.45) is 0 Å². The second-order valence-electron chi connectivity index (χ2n) is 6.35. The first-order valence-electron chi connectivity index (χ1n) is 8.79. The van der Waals surface area contributed by atoms with Crippen LogP contribution in [0.2, 0.25) is 0 Å². The normalized spacial score (nSPS) is 18.2. The van der Waals surface area contributed by atoms with Crippen LogP contribution < -0.4 is 9.80 Å². The minimum absolute atomic E-state index is 0.386. The lowest BCUT2D eigenvalue weighted by Gasteiger charge is -2.20. The number of hydrogen-bond donors (Lipinski definition) is 1. The van der Waals surface area contributed by atoms with Crippen molar-refractivity contribution in [2.45, 2.75) is 19.9 Å². The van der Waals surface area contributed by atoms with Crippen LogP contribution in [0.1, 0.15) is 31.0 Å². The second kappa shape index (κ2) is 6.66. The third-order valence-electron chi connectivity index (χ3n) is 4.85. The van der Waals surface area contributed by atoms with Crippen LogP contribution in [-0.4, -0.2) is 21.1 Å². The van der Waals surface area contributed by atoms with Gasteiger partial charge in [-0.05, 0) is 23.6 Å². The van der Waals surface area contributed by atoms with E-state index in [1.807, 2.05) is 13.8 Å². The molecule has 2 atom stereocenters. The molecular formula is C22H27N2+. The zero-order valence-corrected chi connectivity index (χ0v) is 15.3. The average Bonchev–Trinajstić information content (AvgIpc) is 2.91. The Morgan fingerprint density at radius 3 is 2.08 bits per heavy atom. The summed E-state index contributed by atoms with van der Waals surface area (Å²) in [5.74, 6) is 0. The Morgan fingerprint density at radius 2 is 1.46 bits per heavy atom. The van der Waals surface area contributed by atoms with Crippen LogP contribution in [0, 0.1) is 0 Å². The highest BCUT2D eigenvalue weighted by atomic mass is 15.2. The smallest absolute Gasteiger partial charge is 0.144 e. The van der Waals surface area contributed by atoms with Crippen molar-refractivity contribution in [1.29, 1.82) is 0 Å². The minimum Gasteiger partial charge on any atom is -0.378 e. The van der Waals surface area contributed by atoms with Crippen molar-refractivity contribution in [3.8, 4) is 0 Å². The number of benzene rings is 3. The quantitative estimate of drug-likeness (QED) is 0.744. The molecule has 0 spiro atoms. The Morgan fingerprint density at radius 1 is 0.833 bits per heavy atom. The van der Waals surface area contributed by atoms with Crippen molar-refractivity contribution in [3.05, 3.63) is 71.8 Å². The molecule has 0 saturated carbocycles. The molecule has 0 aromatic heterocycles. The Balaban J connectivity index is 0.000000815. The van der Waals surface area contributed by atoms with E-state index in [0.717, 1.165) is 0 Å². The van der Waals surface area contributed by atoms with E-state index in [-0.39, 0.29) is 0 Å². The van der Waals surface area contributed by atoms with E-state index in [1.54, 1.807) is 0 Å². The summed E-state index contributed by atoms with van der Waals surface area (Å²) in [4.78, 5) is 3.61. The molecule has 1 aliphatic rings. The van der Waals surface area contributed by atoms with Gasteiger partial charge in [0.1, 0.15) is 11.7 Å². The van der Waals surface area contributed by atoms with Gasteiger partial charge in [-0.25, -0.2) is 0 Å². The molecule has 2 heteroatoms. The van der Waals surface area contributed by atoms with Gasteiger partial charge in [-0.15, -0.1) is 0 Å². The number of hydrogen-bond acceptors (Lipinski definition) is 1. The number of quaternary nitrogens is 1. The molecule has 0 bridgehead atoms. The first-order chi connectivity index (χ1) is 11.7. The molecule has 1 N–H and O–H groups in total. The zero-order valence-electron chi connectivity index (χ0n) is 15.3. The topological polar surface area (TPSA) is 7.68 Å². The van der Waals surface area contributed by atoms with Gasteiger partial charge >= 0.3 is 0 Å². The van der Waals surface area contributed by atoms with Crippen molar-refractivity contribution < 1.29 is 4.90 Å². The molecule has 3 aromatic carbocycles. The molecule has 0 amide bonds. The summed E-state index contributed by atoms with van der Waals surface area (Å²) in [6.07, 6.45) is 0. The average molecular weight is 319 g/mol. The highest BCUT2D eigenvalue weighted by molar-refractivity contribution is 5.95. The van der Waals surface area contributed by atoms with Gasteiger partial charge in [0.2, 0.25) is 0 Å². The summed E-state index contributed by atoms with van der Waals surface area (Å²) >= 11 is 0. The van der Waals surface area contributed by atoms with E-state index >= 15 is 0 Å². The van der Waals surface area contributed by atoms with E-state index in [2.05, 4.69) is 86.7 Å². The van der Waals surface area contributed by atoms with Crippen LogP contribution in [0.4, 0.5) is 11.4 Å². The molecule has 124 valence electrons. The maximum absolute atomic E-state index is 2.28. The fraction of sp³-hybridized carbons (Fsp3) is 0.273. The Labute approximate surface area is 145 Å². The van der Waals surface area contributed by atoms with Gasteiger partial charge in [0.05, 0.1) is 12.4 Å². The molecule has 0 fully saturated rings. The Bertz CT molecular complexity index is 829. The van der Waals surface area contributed by atoms with Gasteiger partial charge < -0.3 is 4.90 Å². The van der Waals surface area contributed by atoms with E-state index in [1.165, 1.54) is 38.2 Å². The number of rotatable bonds is 2. The minimum atomic E-state index is 0.386. The molecule has 0 aliphatic carbocycles. The highest BCUT2D eigenvalue weighted by Gasteiger charge is 2.34. The van der Waals surface area contributed by atoms with Crippen molar-refractivity contribution >= 4 is 22.1 Å². The monoisotopic (exact) mass is 319 g/mol. The van der Waals surface area contributed by atoms with Crippen molar-refractivity contribution in [3.63, 3.8) is 0 Å². The van der Waals surface area contributed by atoms with Crippen LogP contribution >= 0.6 is 0 Å². The first kappa shape index (κ1) is 16.5. The first-order valence-corrected chi connectivity index (χ1v) is 8.79. The highest BCUT2D eigenvalue weighted by Crippen LogP contribution is 2.36. The molecule has 24 heavy (non-hydrogen) atoms. The van der Waals surface area contributed by atoms with Gasteiger partial charge in [0.15, 0.2) is 0 Å². The predicted octanol–water partition coefficient (Wildman–Crippen LogP) is 4.18. The summed E-state index contributed by atoms with van der Waals surface area (Å²) in [6, 6.07) is 22.7. The van der Waals surface area contributed by atoms with Crippen LogP contribution in [0.25, 0.3) is 10.8 Å². The van der Waals surface area contributed by atoms with Crippen molar-refractivity contribution in [2.75, 3.05) is 26.0 Å². The molecule has 2 unspecified atom stereocenters. The van der Waals surface area contributed by atoms with E-state index in [4.69, 9.17) is 0 Å². The van der Waals surface area contributed by atoms with Crippen LogP contribution in [0.5, 0.6) is 0 Å². The number of nitrogens with zero attached hydrogens (tertiary/aromatic N) is 1. The van der Waals surface area contributed by atoms with Gasteiger partial charge in [0.25, 0.3) is 0 Å². The zero-order chi connectivity index (χ0) is 17.3. The van der Waals surface area contributed by atoms with E-state index < -0.39 is 0 Å². The van der Waals surface area contributed by atoms with Gasteiger partial charge in [0, 0.05) is 30.9 Å². The van der Waals surface area contributed by atoms with Crippen LogP contribution in [-0.2, 0) is 0 Å². The maximum atomic E-state index is 2.28.